The Kier molecular flexibility index (Phi) is 6.43. The van der Waals surface area contributed by atoms with E-state index in [1.807, 2.05) is 0 Å². The third-order valence-corrected chi connectivity index (χ3v) is 2.68. The fourth-order valence-electron chi connectivity index (χ4n) is 1.62. The van der Waals surface area contributed by atoms with E-state index in [1.54, 1.807) is 12.1 Å². The first-order valence-electron chi connectivity index (χ1n) is 6.51. The summed E-state index contributed by atoms with van der Waals surface area (Å²) in [6.45, 7) is 2.11. The van der Waals surface area contributed by atoms with Gasteiger partial charge in [-0.1, -0.05) is 32.3 Å². The van der Waals surface area contributed by atoms with Gasteiger partial charge in [0.1, 0.15) is 5.75 Å². The molecule has 0 atom stereocenters. The molecule has 3 N–H and O–H groups in total. The lowest BCUT2D eigenvalue weighted by atomic mass is 10.1. The molecule has 0 aliphatic rings. The Balaban J connectivity index is 2.28. The molecule has 5 heteroatoms. The van der Waals surface area contributed by atoms with E-state index < -0.39 is 5.91 Å². The Labute approximate surface area is 113 Å². The molecule has 1 rings (SSSR count). The van der Waals surface area contributed by atoms with Crippen LogP contribution in [0.3, 0.4) is 0 Å². The molecule has 1 aromatic carbocycles. The number of hydrazine groups is 1. The molecule has 0 saturated carbocycles. The average molecular weight is 264 g/mol. The number of phenolic OH excluding ortho intramolecular Hbond substituents is 1. The van der Waals surface area contributed by atoms with Crippen LogP contribution in [0.15, 0.2) is 24.3 Å². The lowest BCUT2D eigenvalue weighted by Crippen LogP contribution is -2.41. The van der Waals surface area contributed by atoms with Gasteiger partial charge in [-0.25, -0.2) is 0 Å². The van der Waals surface area contributed by atoms with Crippen LogP contribution >= 0.6 is 0 Å². The van der Waals surface area contributed by atoms with E-state index in [1.165, 1.54) is 12.1 Å². The van der Waals surface area contributed by atoms with Crippen molar-refractivity contribution < 1.29 is 14.7 Å². The fourth-order valence-corrected chi connectivity index (χ4v) is 1.62. The largest absolute Gasteiger partial charge is 0.508 e. The predicted octanol–water partition coefficient (Wildman–Crippen LogP) is 2.12. The molecule has 104 valence electrons. The molecule has 0 heterocycles. The summed E-state index contributed by atoms with van der Waals surface area (Å²) in [6, 6.07) is 5.94. The van der Waals surface area contributed by atoms with E-state index >= 15 is 0 Å². The summed E-state index contributed by atoms with van der Waals surface area (Å²) in [6.07, 6.45) is 4.48. The highest BCUT2D eigenvalue weighted by molar-refractivity contribution is 5.95. The van der Waals surface area contributed by atoms with Crippen LogP contribution in [0.4, 0.5) is 0 Å². The zero-order valence-electron chi connectivity index (χ0n) is 11.1. The highest BCUT2D eigenvalue weighted by atomic mass is 16.3. The Morgan fingerprint density at radius 2 is 1.95 bits per heavy atom. The van der Waals surface area contributed by atoms with Gasteiger partial charge in [0.15, 0.2) is 0 Å². The summed E-state index contributed by atoms with van der Waals surface area (Å²) in [4.78, 5) is 23.1. The lowest BCUT2D eigenvalue weighted by Gasteiger charge is -2.07. The molecule has 0 fully saturated rings. The Morgan fingerprint density at radius 3 is 2.63 bits per heavy atom. The van der Waals surface area contributed by atoms with Gasteiger partial charge in [0.25, 0.3) is 5.91 Å². The van der Waals surface area contributed by atoms with E-state index in [9.17, 15) is 14.7 Å². The Hall–Kier alpha value is -2.04. The van der Waals surface area contributed by atoms with Crippen molar-refractivity contribution in [3.63, 3.8) is 0 Å². The smallest absolute Gasteiger partial charge is 0.269 e. The highest BCUT2D eigenvalue weighted by Crippen LogP contribution is 2.10. The first-order chi connectivity index (χ1) is 9.13. The molecular weight excluding hydrogens is 244 g/mol. The van der Waals surface area contributed by atoms with E-state index in [0.29, 0.717) is 12.0 Å². The van der Waals surface area contributed by atoms with Crippen LogP contribution in [0.1, 0.15) is 49.4 Å². The summed E-state index contributed by atoms with van der Waals surface area (Å²) in [7, 11) is 0. The molecule has 0 aromatic heterocycles. The van der Waals surface area contributed by atoms with E-state index in [0.717, 1.165) is 25.7 Å². The van der Waals surface area contributed by atoms with Crippen LogP contribution in [0, 0.1) is 0 Å². The minimum Gasteiger partial charge on any atom is -0.508 e. The SMILES string of the molecule is CCCCCCC(=O)NNC(=O)c1cccc(O)c1. The fraction of sp³-hybridized carbons (Fsp3) is 0.429. The second-order valence-corrected chi connectivity index (χ2v) is 4.36. The summed E-state index contributed by atoms with van der Waals surface area (Å²) in [5, 5.41) is 9.24. The van der Waals surface area contributed by atoms with Gasteiger partial charge < -0.3 is 5.11 Å². The zero-order valence-corrected chi connectivity index (χ0v) is 11.1. The first kappa shape index (κ1) is 15.0. The third-order valence-electron chi connectivity index (χ3n) is 2.68. The van der Waals surface area contributed by atoms with Crippen molar-refractivity contribution in [1.29, 1.82) is 0 Å². The molecule has 0 radical (unpaired) electrons. The molecule has 0 aliphatic carbocycles. The standard InChI is InChI=1S/C14H20N2O3/c1-2-3-4-5-9-13(18)15-16-14(19)11-7-6-8-12(17)10-11/h6-8,10,17H,2-5,9H2,1H3,(H,15,18)(H,16,19). The number of amides is 2. The quantitative estimate of drug-likeness (QED) is 0.544. The summed E-state index contributed by atoms with van der Waals surface area (Å²) in [5.74, 6) is -0.638. The maximum Gasteiger partial charge on any atom is 0.269 e. The molecule has 0 unspecified atom stereocenters. The number of carbonyl (C=O) groups excluding carboxylic acids is 2. The molecule has 0 bridgehead atoms. The van der Waals surface area contributed by atoms with Gasteiger partial charge in [0, 0.05) is 12.0 Å². The number of aromatic hydroxyl groups is 1. The molecule has 19 heavy (non-hydrogen) atoms. The number of hydrogen-bond donors (Lipinski definition) is 3. The Bertz CT molecular complexity index is 432. The number of unbranched alkanes of at least 4 members (excludes halogenated alkanes) is 3. The summed E-state index contributed by atoms with van der Waals surface area (Å²) < 4.78 is 0. The second-order valence-electron chi connectivity index (χ2n) is 4.36. The van der Waals surface area contributed by atoms with Crippen molar-refractivity contribution in [2.75, 3.05) is 0 Å². The number of carbonyl (C=O) groups is 2. The molecular formula is C14H20N2O3. The Morgan fingerprint density at radius 1 is 1.16 bits per heavy atom. The van der Waals surface area contributed by atoms with Crippen molar-refractivity contribution in [1.82, 2.24) is 10.9 Å². The van der Waals surface area contributed by atoms with Crippen molar-refractivity contribution in [3.05, 3.63) is 29.8 Å². The van der Waals surface area contributed by atoms with Gasteiger partial charge >= 0.3 is 0 Å². The van der Waals surface area contributed by atoms with Gasteiger partial charge in [0.05, 0.1) is 0 Å². The molecule has 0 saturated heterocycles. The van der Waals surface area contributed by atoms with Gasteiger partial charge in [-0.3, -0.25) is 20.4 Å². The van der Waals surface area contributed by atoms with E-state index in [-0.39, 0.29) is 11.7 Å². The molecule has 1 aromatic rings. The van der Waals surface area contributed by atoms with Crippen molar-refractivity contribution in [2.24, 2.45) is 0 Å². The van der Waals surface area contributed by atoms with Gasteiger partial charge in [-0.2, -0.15) is 0 Å². The maximum atomic E-state index is 11.6. The van der Waals surface area contributed by atoms with Crippen molar-refractivity contribution in [2.45, 2.75) is 39.0 Å². The predicted molar refractivity (Wildman–Crippen MR) is 72.5 cm³/mol. The second kappa shape index (κ2) is 8.13. The number of benzene rings is 1. The lowest BCUT2D eigenvalue weighted by molar-refractivity contribution is -0.122. The van der Waals surface area contributed by atoms with Crippen LogP contribution in [0.25, 0.3) is 0 Å². The van der Waals surface area contributed by atoms with Crippen molar-refractivity contribution >= 4 is 11.8 Å². The molecule has 0 spiro atoms. The molecule has 5 nitrogen and oxygen atoms in total. The monoisotopic (exact) mass is 264 g/mol. The van der Waals surface area contributed by atoms with Crippen LogP contribution in [-0.4, -0.2) is 16.9 Å². The average Bonchev–Trinajstić information content (AvgIpc) is 2.41. The number of nitrogens with one attached hydrogen (secondary N) is 2. The number of hydrogen-bond acceptors (Lipinski definition) is 3. The normalized spacial score (nSPS) is 9.95. The molecule has 0 aliphatic heterocycles. The van der Waals surface area contributed by atoms with E-state index in [2.05, 4.69) is 17.8 Å². The molecule has 2 amide bonds. The topological polar surface area (TPSA) is 78.4 Å². The third kappa shape index (κ3) is 5.90. The summed E-state index contributed by atoms with van der Waals surface area (Å²) in [5.41, 5.74) is 4.97. The van der Waals surface area contributed by atoms with E-state index in [4.69, 9.17) is 0 Å². The zero-order chi connectivity index (χ0) is 14.1. The number of phenols is 1. The van der Waals surface area contributed by atoms with Crippen LogP contribution in [0.2, 0.25) is 0 Å². The maximum absolute atomic E-state index is 11.6. The summed E-state index contributed by atoms with van der Waals surface area (Å²) >= 11 is 0. The van der Waals surface area contributed by atoms with Crippen LogP contribution < -0.4 is 10.9 Å². The van der Waals surface area contributed by atoms with Crippen molar-refractivity contribution in [3.8, 4) is 5.75 Å². The minimum atomic E-state index is -0.446. The number of rotatable bonds is 6. The van der Waals surface area contributed by atoms with Crippen LogP contribution in [0.5, 0.6) is 5.75 Å². The van der Waals surface area contributed by atoms with Gasteiger partial charge in [-0.05, 0) is 24.6 Å². The minimum absolute atomic E-state index is 0.0125. The van der Waals surface area contributed by atoms with Gasteiger partial charge in [-0.15, -0.1) is 0 Å². The van der Waals surface area contributed by atoms with Crippen LogP contribution in [-0.2, 0) is 4.79 Å². The first-order valence-corrected chi connectivity index (χ1v) is 6.51. The van der Waals surface area contributed by atoms with Gasteiger partial charge in [0.2, 0.25) is 5.91 Å². The highest BCUT2D eigenvalue weighted by Gasteiger charge is 2.07.